The molecule has 2 aliphatic rings. The molecule has 7 rings (SSSR count). The van der Waals surface area contributed by atoms with Crippen molar-refractivity contribution in [2.45, 2.75) is 13.0 Å². The number of amides is 1. The van der Waals surface area contributed by atoms with Gasteiger partial charge < -0.3 is 15.1 Å². The number of pyridine rings is 1. The molecule has 0 spiro atoms. The topological polar surface area (TPSA) is 77.5 Å². The maximum Gasteiger partial charge on any atom is 0.254 e. The van der Waals surface area contributed by atoms with E-state index < -0.39 is 0 Å². The fourth-order valence-corrected chi connectivity index (χ4v) is 6.18. The lowest BCUT2D eigenvalue weighted by Gasteiger charge is -2.30. The molecule has 240 valence electrons. The number of carbonyl (C=O) groups excluding carboxylic acids is 1. The maximum atomic E-state index is 13.6. The van der Waals surface area contributed by atoms with Crippen molar-refractivity contribution in [1.82, 2.24) is 29.7 Å². The summed E-state index contributed by atoms with van der Waals surface area (Å²) in [5.41, 5.74) is 7.53. The van der Waals surface area contributed by atoms with Gasteiger partial charge in [-0.05, 0) is 61.0 Å². The molecular weight excluding hydrogens is 594 g/mol. The fraction of sp³-hybridized carbons (Fsp3) is 0.250. The van der Waals surface area contributed by atoms with Crippen molar-refractivity contribution in [3.8, 4) is 23.2 Å². The van der Waals surface area contributed by atoms with Crippen LogP contribution in [0.15, 0.2) is 85.1 Å². The normalized spacial score (nSPS) is 15.2. The predicted octanol–water partition coefficient (Wildman–Crippen LogP) is 5.70. The molecule has 0 atom stereocenters. The highest BCUT2D eigenvalue weighted by molar-refractivity contribution is 5.94. The van der Waals surface area contributed by atoms with E-state index in [2.05, 4.69) is 81.5 Å². The Kier molecular flexibility index (Phi) is 9.23. The van der Waals surface area contributed by atoms with Crippen LogP contribution in [-0.2, 0) is 13.0 Å². The first-order valence-corrected chi connectivity index (χ1v) is 16.5. The van der Waals surface area contributed by atoms with Crippen LogP contribution in [0.5, 0.6) is 0 Å². The molecule has 8 nitrogen and oxygen atoms in total. The molecular formula is C40H39N7O. The molecule has 48 heavy (non-hydrogen) atoms. The second-order valence-corrected chi connectivity index (χ2v) is 12.4. The van der Waals surface area contributed by atoms with Crippen molar-refractivity contribution in [1.29, 1.82) is 0 Å². The van der Waals surface area contributed by atoms with Crippen molar-refractivity contribution in [2.75, 3.05) is 58.7 Å². The number of anilines is 1. The van der Waals surface area contributed by atoms with E-state index in [0.29, 0.717) is 30.9 Å². The Labute approximate surface area is 282 Å². The SMILES string of the molecule is CNc1nc(-c2cnc3ccccc3c2)nc2c1CCN(C(=O)c1ccc(/C=C/c3ccc(C#CCN4CCN(C)CC4)cc3)cc1)C2. The van der Waals surface area contributed by atoms with E-state index in [1.807, 2.05) is 66.7 Å². The maximum absolute atomic E-state index is 13.6. The second kappa shape index (κ2) is 14.2. The molecule has 1 fully saturated rings. The molecule has 2 aromatic heterocycles. The largest absolute Gasteiger partial charge is 0.373 e. The van der Waals surface area contributed by atoms with Crippen LogP contribution in [0.4, 0.5) is 5.82 Å². The summed E-state index contributed by atoms with van der Waals surface area (Å²) in [6.07, 6.45) is 6.65. The van der Waals surface area contributed by atoms with Gasteiger partial charge in [-0.25, -0.2) is 9.97 Å². The van der Waals surface area contributed by atoms with Gasteiger partial charge in [-0.1, -0.05) is 66.5 Å². The first-order valence-electron chi connectivity index (χ1n) is 16.5. The molecule has 5 aromatic rings. The summed E-state index contributed by atoms with van der Waals surface area (Å²) in [6.45, 7) is 6.23. The minimum Gasteiger partial charge on any atom is -0.373 e. The molecule has 0 aliphatic carbocycles. The Bertz CT molecular complexity index is 2020. The summed E-state index contributed by atoms with van der Waals surface area (Å²) in [5.74, 6) is 8.02. The number of rotatable bonds is 6. The standard InChI is InChI=1S/C40H39N7O/c1-41-39-35-19-21-47(28-37(35)43-38(44-39)34-26-33-7-3-4-8-36(33)42-27-34)40(48)32-17-15-31(16-18-32)14-13-30-11-9-29(10-12-30)6-5-20-46-24-22-45(2)23-25-46/h3-4,7-18,26-27H,19-25,28H2,1-2H3,(H,41,43,44)/b14-13+. The molecule has 0 unspecified atom stereocenters. The second-order valence-electron chi connectivity index (χ2n) is 12.4. The third-order valence-electron chi connectivity index (χ3n) is 9.11. The van der Waals surface area contributed by atoms with Crippen LogP contribution in [0.25, 0.3) is 34.4 Å². The van der Waals surface area contributed by atoms with Crippen molar-refractivity contribution in [2.24, 2.45) is 0 Å². The molecule has 2 aliphatic heterocycles. The minimum atomic E-state index is -0.000887. The number of nitrogens with one attached hydrogen (secondary N) is 1. The number of para-hydroxylation sites is 1. The molecule has 3 aromatic carbocycles. The van der Waals surface area contributed by atoms with E-state index in [-0.39, 0.29) is 5.91 Å². The lowest BCUT2D eigenvalue weighted by molar-refractivity contribution is 0.0732. The van der Waals surface area contributed by atoms with Gasteiger partial charge in [0.15, 0.2) is 5.82 Å². The summed E-state index contributed by atoms with van der Waals surface area (Å²) in [4.78, 5) is 34.6. The summed E-state index contributed by atoms with van der Waals surface area (Å²) < 4.78 is 0. The van der Waals surface area contributed by atoms with Crippen LogP contribution >= 0.6 is 0 Å². The van der Waals surface area contributed by atoms with Gasteiger partial charge in [-0.15, -0.1) is 0 Å². The van der Waals surface area contributed by atoms with Crippen molar-refractivity contribution in [3.63, 3.8) is 0 Å². The Hall–Kier alpha value is -5.36. The monoisotopic (exact) mass is 633 g/mol. The van der Waals surface area contributed by atoms with Gasteiger partial charge in [0.05, 0.1) is 24.3 Å². The lowest BCUT2D eigenvalue weighted by Crippen LogP contribution is -2.44. The summed E-state index contributed by atoms with van der Waals surface area (Å²) in [5, 5.41) is 4.28. The van der Waals surface area contributed by atoms with E-state index >= 15 is 0 Å². The summed E-state index contributed by atoms with van der Waals surface area (Å²) >= 11 is 0. The average molecular weight is 634 g/mol. The van der Waals surface area contributed by atoms with Gasteiger partial charge >= 0.3 is 0 Å². The van der Waals surface area contributed by atoms with E-state index in [4.69, 9.17) is 9.97 Å². The quantitative estimate of drug-likeness (QED) is 0.190. The van der Waals surface area contributed by atoms with Crippen LogP contribution < -0.4 is 5.32 Å². The smallest absolute Gasteiger partial charge is 0.254 e. The van der Waals surface area contributed by atoms with Crippen LogP contribution in [0, 0.1) is 11.8 Å². The number of likely N-dealkylation sites (N-methyl/N-ethyl adjacent to an activating group) is 1. The number of benzene rings is 3. The number of fused-ring (bicyclic) bond motifs is 2. The Morgan fingerprint density at radius 1 is 0.896 bits per heavy atom. The summed E-state index contributed by atoms with van der Waals surface area (Å²) in [6, 6.07) is 26.2. The van der Waals surface area contributed by atoms with Crippen LogP contribution in [0.2, 0.25) is 0 Å². The number of aromatic nitrogens is 3. The van der Waals surface area contributed by atoms with E-state index in [1.54, 1.807) is 0 Å². The highest BCUT2D eigenvalue weighted by Gasteiger charge is 2.26. The molecule has 1 N–H and O–H groups in total. The van der Waals surface area contributed by atoms with Gasteiger partial charge in [0.1, 0.15) is 5.82 Å². The minimum absolute atomic E-state index is 0.000887. The van der Waals surface area contributed by atoms with Crippen molar-refractivity contribution >= 4 is 34.8 Å². The van der Waals surface area contributed by atoms with Gasteiger partial charge in [0.25, 0.3) is 5.91 Å². The van der Waals surface area contributed by atoms with E-state index in [0.717, 1.165) is 83.0 Å². The third kappa shape index (κ3) is 7.13. The van der Waals surface area contributed by atoms with Gasteiger partial charge in [-0.2, -0.15) is 0 Å². The van der Waals surface area contributed by atoms with Crippen molar-refractivity contribution < 1.29 is 4.79 Å². The zero-order valence-corrected chi connectivity index (χ0v) is 27.5. The highest BCUT2D eigenvalue weighted by Crippen LogP contribution is 2.29. The number of hydrogen-bond acceptors (Lipinski definition) is 7. The van der Waals surface area contributed by atoms with E-state index in [9.17, 15) is 4.79 Å². The first kappa shape index (κ1) is 31.3. The zero-order chi connectivity index (χ0) is 32.9. The van der Waals surface area contributed by atoms with Crippen LogP contribution in [-0.4, -0.2) is 88.9 Å². The molecule has 0 saturated carbocycles. The lowest BCUT2D eigenvalue weighted by atomic mass is 10.0. The van der Waals surface area contributed by atoms with Crippen molar-refractivity contribution in [3.05, 3.63) is 119 Å². The van der Waals surface area contributed by atoms with Crippen LogP contribution in [0.3, 0.4) is 0 Å². The molecule has 1 saturated heterocycles. The fourth-order valence-electron chi connectivity index (χ4n) is 6.18. The number of piperazine rings is 1. The molecule has 4 heterocycles. The predicted molar refractivity (Wildman–Crippen MR) is 193 cm³/mol. The molecule has 1 amide bonds. The third-order valence-corrected chi connectivity index (χ3v) is 9.11. The Morgan fingerprint density at radius 3 is 2.38 bits per heavy atom. The van der Waals surface area contributed by atoms with Gasteiger partial charge in [-0.3, -0.25) is 14.7 Å². The Balaban J connectivity index is 0.987. The Morgan fingerprint density at radius 2 is 1.62 bits per heavy atom. The van der Waals surface area contributed by atoms with Gasteiger partial charge in [0, 0.05) is 73.6 Å². The zero-order valence-electron chi connectivity index (χ0n) is 27.5. The molecule has 0 radical (unpaired) electrons. The van der Waals surface area contributed by atoms with E-state index in [1.165, 1.54) is 0 Å². The van der Waals surface area contributed by atoms with Gasteiger partial charge in [0.2, 0.25) is 0 Å². The van der Waals surface area contributed by atoms with Crippen LogP contribution in [0.1, 0.15) is 38.3 Å². The highest BCUT2D eigenvalue weighted by atomic mass is 16.2. The molecule has 8 heteroatoms. The first-order chi connectivity index (χ1) is 23.5. The number of nitrogens with zero attached hydrogens (tertiary/aromatic N) is 6. The summed E-state index contributed by atoms with van der Waals surface area (Å²) in [7, 11) is 4.04. The number of carbonyl (C=O) groups is 1. The average Bonchev–Trinajstić information content (AvgIpc) is 3.14. The number of hydrogen-bond donors (Lipinski definition) is 1. The molecule has 0 bridgehead atoms.